The summed E-state index contributed by atoms with van der Waals surface area (Å²) in [5.41, 5.74) is 2.69. The van der Waals surface area contributed by atoms with E-state index in [1.165, 1.54) is 18.5 Å². The summed E-state index contributed by atoms with van der Waals surface area (Å²) < 4.78 is 19.3. The van der Waals surface area contributed by atoms with Crippen LogP contribution in [-0.2, 0) is 0 Å². The number of halogens is 1. The van der Waals surface area contributed by atoms with Crippen molar-refractivity contribution in [2.24, 2.45) is 0 Å². The van der Waals surface area contributed by atoms with Crippen molar-refractivity contribution in [1.82, 2.24) is 9.97 Å². The standard InChI is InChI=1S/C19H14FN3OS/c1-24-15-4-2-3-14(9-15)23-19-18-16(21-11-22-19)10-17(25-18)12-5-7-13(20)8-6-12/h2-11H,1H3,(H,21,22,23). The maximum absolute atomic E-state index is 13.1. The number of nitrogens with zero attached hydrogens (tertiary/aromatic N) is 2. The predicted molar refractivity (Wildman–Crippen MR) is 99.1 cm³/mol. The van der Waals surface area contributed by atoms with Crippen LogP contribution < -0.4 is 10.1 Å². The molecule has 6 heteroatoms. The molecule has 4 aromatic rings. The maximum atomic E-state index is 13.1. The molecule has 1 N–H and O–H groups in total. The van der Waals surface area contributed by atoms with E-state index in [1.807, 2.05) is 30.3 Å². The minimum Gasteiger partial charge on any atom is -0.497 e. The minimum absolute atomic E-state index is 0.245. The lowest BCUT2D eigenvalue weighted by atomic mass is 10.2. The van der Waals surface area contributed by atoms with Crippen LogP contribution in [0.15, 0.2) is 60.9 Å². The van der Waals surface area contributed by atoms with Crippen molar-refractivity contribution in [3.8, 4) is 16.2 Å². The summed E-state index contributed by atoms with van der Waals surface area (Å²) in [6.45, 7) is 0. The number of fused-ring (bicyclic) bond motifs is 1. The van der Waals surface area contributed by atoms with Gasteiger partial charge in [0.25, 0.3) is 0 Å². The molecule has 0 aliphatic heterocycles. The first-order valence-corrected chi connectivity index (χ1v) is 8.46. The molecule has 0 spiro atoms. The third-order valence-corrected chi connectivity index (χ3v) is 4.95. The molecule has 4 nitrogen and oxygen atoms in total. The topological polar surface area (TPSA) is 47.0 Å². The van der Waals surface area contributed by atoms with Crippen LogP contribution in [0.25, 0.3) is 20.7 Å². The van der Waals surface area contributed by atoms with Crippen LogP contribution >= 0.6 is 11.3 Å². The normalized spacial score (nSPS) is 10.8. The van der Waals surface area contributed by atoms with Crippen LogP contribution in [0.2, 0.25) is 0 Å². The monoisotopic (exact) mass is 351 g/mol. The Hall–Kier alpha value is -2.99. The molecule has 0 atom stereocenters. The Balaban J connectivity index is 1.73. The lowest BCUT2D eigenvalue weighted by molar-refractivity contribution is 0.415. The van der Waals surface area contributed by atoms with Crippen LogP contribution in [0.1, 0.15) is 0 Å². The van der Waals surface area contributed by atoms with E-state index in [0.29, 0.717) is 0 Å². The zero-order valence-corrected chi connectivity index (χ0v) is 14.2. The number of nitrogens with one attached hydrogen (secondary N) is 1. The molecule has 0 saturated heterocycles. The summed E-state index contributed by atoms with van der Waals surface area (Å²) in [4.78, 5) is 9.73. The lowest BCUT2D eigenvalue weighted by Gasteiger charge is -2.07. The van der Waals surface area contributed by atoms with Crippen molar-refractivity contribution < 1.29 is 9.13 Å². The smallest absolute Gasteiger partial charge is 0.151 e. The van der Waals surface area contributed by atoms with E-state index >= 15 is 0 Å². The van der Waals surface area contributed by atoms with E-state index in [0.717, 1.165) is 37.9 Å². The van der Waals surface area contributed by atoms with Crippen LogP contribution in [0.5, 0.6) is 5.75 Å². The zero-order valence-electron chi connectivity index (χ0n) is 13.4. The number of hydrogen-bond donors (Lipinski definition) is 1. The predicted octanol–water partition coefficient (Wildman–Crippen LogP) is 5.25. The highest BCUT2D eigenvalue weighted by molar-refractivity contribution is 7.22. The van der Waals surface area contributed by atoms with E-state index in [4.69, 9.17) is 4.74 Å². The quantitative estimate of drug-likeness (QED) is 0.545. The number of rotatable bonds is 4. The van der Waals surface area contributed by atoms with Gasteiger partial charge >= 0.3 is 0 Å². The third kappa shape index (κ3) is 3.16. The summed E-state index contributed by atoms with van der Waals surface area (Å²) in [7, 11) is 1.64. The number of ether oxygens (including phenoxy) is 1. The average Bonchev–Trinajstić information content (AvgIpc) is 3.08. The highest BCUT2D eigenvalue weighted by Gasteiger charge is 2.11. The summed E-state index contributed by atoms with van der Waals surface area (Å²) in [5, 5.41) is 3.31. The molecule has 2 aromatic carbocycles. The van der Waals surface area contributed by atoms with Crippen molar-refractivity contribution in [2.75, 3.05) is 12.4 Å². The lowest BCUT2D eigenvalue weighted by Crippen LogP contribution is -1.94. The van der Waals surface area contributed by atoms with E-state index < -0.39 is 0 Å². The second-order valence-electron chi connectivity index (χ2n) is 5.41. The van der Waals surface area contributed by atoms with E-state index in [1.54, 1.807) is 30.6 Å². The molecule has 0 radical (unpaired) electrons. The molecular formula is C19H14FN3OS. The molecular weight excluding hydrogens is 337 g/mol. The average molecular weight is 351 g/mol. The van der Waals surface area contributed by atoms with Gasteiger partial charge in [0.1, 0.15) is 17.9 Å². The van der Waals surface area contributed by atoms with Crippen LogP contribution in [-0.4, -0.2) is 17.1 Å². The third-order valence-electron chi connectivity index (χ3n) is 3.77. The Labute approximate surface area is 148 Å². The Morgan fingerprint density at radius 2 is 1.88 bits per heavy atom. The number of methoxy groups -OCH3 is 1. The first kappa shape index (κ1) is 15.5. The zero-order chi connectivity index (χ0) is 17.2. The SMILES string of the molecule is COc1cccc(Nc2ncnc3cc(-c4ccc(F)cc4)sc23)c1. The fourth-order valence-corrected chi connectivity index (χ4v) is 3.60. The van der Waals surface area contributed by atoms with Crippen molar-refractivity contribution in [1.29, 1.82) is 0 Å². The number of hydrogen-bond acceptors (Lipinski definition) is 5. The highest BCUT2D eigenvalue weighted by atomic mass is 32.1. The molecule has 0 aliphatic rings. The molecule has 0 aliphatic carbocycles. The van der Waals surface area contributed by atoms with E-state index in [9.17, 15) is 4.39 Å². The van der Waals surface area contributed by atoms with Gasteiger partial charge in [-0.3, -0.25) is 0 Å². The number of anilines is 2. The van der Waals surface area contributed by atoms with Gasteiger partial charge in [-0.05, 0) is 35.9 Å². The Kier molecular flexibility index (Phi) is 4.03. The Bertz CT molecular complexity index is 1030. The molecule has 0 bridgehead atoms. The first-order valence-electron chi connectivity index (χ1n) is 7.64. The molecule has 4 rings (SSSR count). The first-order chi connectivity index (χ1) is 12.2. The van der Waals surface area contributed by atoms with Crippen molar-refractivity contribution in [3.63, 3.8) is 0 Å². The number of thiophene rings is 1. The molecule has 0 unspecified atom stereocenters. The van der Waals surface area contributed by atoms with Crippen LogP contribution in [0, 0.1) is 5.82 Å². The number of benzene rings is 2. The molecule has 124 valence electrons. The van der Waals surface area contributed by atoms with Gasteiger partial charge in [0.05, 0.1) is 17.3 Å². The van der Waals surface area contributed by atoms with Gasteiger partial charge in [0, 0.05) is 16.6 Å². The van der Waals surface area contributed by atoms with Gasteiger partial charge < -0.3 is 10.1 Å². The van der Waals surface area contributed by atoms with Gasteiger partial charge in [-0.15, -0.1) is 11.3 Å². The summed E-state index contributed by atoms with van der Waals surface area (Å²) in [5.74, 6) is 1.26. The fourth-order valence-electron chi connectivity index (χ4n) is 2.54. The van der Waals surface area contributed by atoms with Crippen molar-refractivity contribution >= 4 is 33.1 Å². The highest BCUT2D eigenvalue weighted by Crippen LogP contribution is 2.36. The molecule has 2 aromatic heterocycles. The molecule has 0 fully saturated rings. The van der Waals surface area contributed by atoms with Crippen molar-refractivity contribution in [3.05, 3.63) is 66.7 Å². The maximum Gasteiger partial charge on any atom is 0.151 e. The van der Waals surface area contributed by atoms with Gasteiger partial charge in [0.2, 0.25) is 0 Å². The van der Waals surface area contributed by atoms with Gasteiger partial charge in [0.15, 0.2) is 5.82 Å². The van der Waals surface area contributed by atoms with Gasteiger partial charge in [-0.1, -0.05) is 18.2 Å². The summed E-state index contributed by atoms with van der Waals surface area (Å²) >= 11 is 1.57. The summed E-state index contributed by atoms with van der Waals surface area (Å²) in [6, 6.07) is 16.1. The molecule has 25 heavy (non-hydrogen) atoms. The van der Waals surface area contributed by atoms with Crippen LogP contribution in [0.3, 0.4) is 0 Å². The van der Waals surface area contributed by atoms with Gasteiger partial charge in [-0.25, -0.2) is 14.4 Å². The Morgan fingerprint density at radius 1 is 1.04 bits per heavy atom. The van der Waals surface area contributed by atoms with Gasteiger partial charge in [-0.2, -0.15) is 0 Å². The largest absolute Gasteiger partial charge is 0.497 e. The summed E-state index contributed by atoms with van der Waals surface area (Å²) in [6.07, 6.45) is 1.53. The fraction of sp³-hybridized carbons (Fsp3) is 0.0526. The number of aromatic nitrogens is 2. The Morgan fingerprint density at radius 3 is 2.68 bits per heavy atom. The minimum atomic E-state index is -0.245. The second kappa shape index (κ2) is 6.49. The molecule has 0 saturated carbocycles. The van der Waals surface area contributed by atoms with Crippen LogP contribution in [0.4, 0.5) is 15.9 Å². The molecule has 0 amide bonds. The van der Waals surface area contributed by atoms with Crippen molar-refractivity contribution in [2.45, 2.75) is 0 Å². The molecule has 2 heterocycles. The van der Waals surface area contributed by atoms with E-state index in [2.05, 4.69) is 15.3 Å². The second-order valence-corrected chi connectivity index (χ2v) is 6.46. The van der Waals surface area contributed by atoms with E-state index in [-0.39, 0.29) is 5.82 Å².